The Bertz CT molecular complexity index is 178. The lowest BCUT2D eigenvalue weighted by atomic mass is 9.84. The minimum Gasteiger partial charge on any atom is -0.317 e. The lowest BCUT2D eigenvalue weighted by molar-refractivity contribution is 0.297. The summed E-state index contributed by atoms with van der Waals surface area (Å²) in [5, 5.41) is 3.51. The van der Waals surface area contributed by atoms with Gasteiger partial charge in [-0.1, -0.05) is 58.8 Å². The molecule has 0 aliphatic heterocycles. The molecule has 17 heavy (non-hydrogen) atoms. The van der Waals surface area contributed by atoms with E-state index in [-0.39, 0.29) is 0 Å². The molecule has 1 aliphatic rings. The Morgan fingerprint density at radius 3 is 2.59 bits per heavy atom. The van der Waals surface area contributed by atoms with Gasteiger partial charge in [0, 0.05) is 6.04 Å². The summed E-state index contributed by atoms with van der Waals surface area (Å²) >= 11 is 0. The largest absolute Gasteiger partial charge is 0.317 e. The zero-order valence-corrected chi connectivity index (χ0v) is 12.3. The molecule has 0 heterocycles. The summed E-state index contributed by atoms with van der Waals surface area (Å²) < 4.78 is 0. The molecule has 0 aromatic heterocycles. The molecule has 1 rings (SSSR count). The Morgan fingerprint density at radius 1 is 1.18 bits per heavy atom. The highest BCUT2D eigenvalue weighted by molar-refractivity contribution is 4.77. The van der Waals surface area contributed by atoms with E-state index in [0.29, 0.717) is 0 Å². The van der Waals surface area contributed by atoms with Gasteiger partial charge in [0.1, 0.15) is 0 Å². The third kappa shape index (κ3) is 5.90. The van der Waals surface area contributed by atoms with Crippen molar-refractivity contribution in [3.8, 4) is 0 Å². The molecule has 0 saturated heterocycles. The van der Waals surface area contributed by atoms with Crippen LogP contribution in [0, 0.1) is 11.8 Å². The van der Waals surface area contributed by atoms with Gasteiger partial charge in [0.05, 0.1) is 0 Å². The van der Waals surface area contributed by atoms with Crippen LogP contribution in [0.3, 0.4) is 0 Å². The minimum atomic E-state index is 0.797. The van der Waals surface area contributed by atoms with E-state index in [1.54, 1.807) is 0 Å². The highest BCUT2D eigenvalue weighted by Crippen LogP contribution is 2.31. The zero-order chi connectivity index (χ0) is 12.5. The average Bonchev–Trinajstić information content (AvgIpc) is 2.59. The summed E-state index contributed by atoms with van der Waals surface area (Å²) in [7, 11) is 2.14. The predicted octanol–water partition coefficient (Wildman–Crippen LogP) is 4.76. The highest BCUT2D eigenvalue weighted by Gasteiger charge is 2.21. The van der Waals surface area contributed by atoms with Crippen LogP contribution in [0.4, 0.5) is 0 Å². The first kappa shape index (κ1) is 15.0. The van der Waals surface area contributed by atoms with E-state index in [4.69, 9.17) is 0 Å². The van der Waals surface area contributed by atoms with Crippen molar-refractivity contribution in [1.82, 2.24) is 5.32 Å². The van der Waals surface area contributed by atoms with E-state index in [0.717, 1.165) is 17.9 Å². The molecule has 0 aromatic carbocycles. The van der Waals surface area contributed by atoms with Crippen LogP contribution in [0.2, 0.25) is 0 Å². The smallest absolute Gasteiger partial charge is 0.00667 e. The topological polar surface area (TPSA) is 12.0 Å². The van der Waals surface area contributed by atoms with Crippen molar-refractivity contribution >= 4 is 0 Å². The second-order valence-corrected chi connectivity index (χ2v) is 6.02. The maximum atomic E-state index is 3.51. The van der Waals surface area contributed by atoms with Gasteiger partial charge in [-0.15, -0.1) is 0 Å². The molecule has 1 N–H and O–H groups in total. The molecule has 1 heteroatoms. The van der Waals surface area contributed by atoms with E-state index in [1.807, 2.05) is 0 Å². The van der Waals surface area contributed by atoms with Gasteiger partial charge in [-0.25, -0.2) is 0 Å². The fourth-order valence-corrected chi connectivity index (χ4v) is 3.39. The molecule has 1 saturated carbocycles. The van der Waals surface area contributed by atoms with Gasteiger partial charge in [-0.2, -0.15) is 0 Å². The summed E-state index contributed by atoms with van der Waals surface area (Å²) in [6, 6.07) is 0.797. The second kappa shape index (κ2) is 8.97. The maximum Gasteiger partial charge on any atom is 0.00667 e. The van der Waals surface area contributed by atoms with Gasteiger partial charge >= 0.3 is 0 Å². The van der Waals surface area contributed by atoms with Gasteiger partial charge in [0.25, 0.3) is 0 Å². The third-order valence-corrected chi connectivity index (χ3v) is 4.65. The van der Waals surface area contributed by atoms with Gasteiger partial charge in [0.2, 0.25) is 0 Å². The van der Waals surface area contributed by atoms with Gasteiger partial charge in [-0.05, 0) is 38.1 Å². The van der Waals surface area contributed by atoms with Crippen LogP contribution in [-0.2, 0) is 0 Å². The SMILES string of the molecule is CCCCC(CC)CC1CCCCC(NC)C1. The molecule has 1 nitrogen and oxygen atoms in total. The van der Waals surface area contributed by atoms with Crippen LogP contribution < -0.4 is 5.32 Å². The Balaban J connectivity index is 2.35. The molecule has 0 radical (unpaired) electrons. The van der Waals surface area contributed by atoms with E-state index in [1.165, 1.54) is 64.2 Å². The van der Waals surface area contributed by atoms with Crippen LogP contribution >= 0.6 is 0 Å². The number of hydrogen-bond acceptors (Lipinski definition) is 1. The normalized spacial score (nSPS) is 27.7. The summed E-state index contributed by atoms with van der Waals surface area (Å²) in [6.07, 6.45) is 14.4. The molecule has 102 valence electrons. The summed E-state index contributed by atoms with van der Waals surface area (Å²) in [4.78, 5) is 0. The molecular formula is C16H33N. The van der Waals surface area contributed by atoms with Crippen LogP contribution in [-0.4, -0.2) is 13.1 Å². The van der Waals surface area contributed by atoms with Crippen molar-refractivity contribution < 1.29 is 0 Å². The minimum absolute atomic E-state index is 0.797. The van der Waals surface area contributed by atoms with Crippen molar-refractivity contribution in [2.75, 3.05) is 7.05 Å². The Kier molecular flexibility index (Phi) is 7.92. The molecule has 0 bridgehead atoms. The summed E-state index contributed by atoms with van der Waals surface area (Å²) in [5.41, 5.74) is 0. The molecule has 3 unspecified atom stereocenters. The number of nitrogens with one attached hydrogen (secondary N) is 1. The zero-order valence-electron chi connectivity index (χ0n) is 12.3. The van der Waals surface area contributed by atoms with Gasteiger partial charge in [-0.3, -0.25) is 0 Å². The number of rotatable bonds is 7. The molecule has 1 aliphatic carbocycles. The van der Waals surface area contributed by atoms with Crippen molar-refractivity contribution in [1.29, 1.82) is 0 Å². The Labute approximate surface area is 109 Å². The molecule has 0 spiro atoms. The fraction of sp³-hybridized carbons (Fsp3) is 1.00. The fourth-order valence-electron chi connectivity index (χ4n) is 3.39. The molecule has 3 atom stereocenters. The van der Waals surface area contributed by atoms with Crippen molar-refractivity contribution in [2.24, 2.45) is 11.8 Å². The predicted molar refractivity (Wildman–Crippen MR) is 77.3 cm³/mol. The Hall–Kier alpha value is -0.0400. The summed E-state index contributed by atoms with van der Waals surface area (Å²) in [5.74, 6) is 1.99. The first-order valence-electron chi connectivity index (χ1n) is 7.97. The van der Waals surface area contributed by atoms with Gasteiger partial charge in [0.15, 0.2) is 0 Å². The maximum absolute atomic E-state index is 3.51. The van der Waals surface area contributed by atoms with Crippen LogP contribution in [0.1, 0.15) is 78.1 Å². The molecule has 0 aromatic rings. The quantitative estimate of drug-likeness (QED) is 0.632. The van der Waals surface area contributed by atoms with E-state index < -0.39 is 0 Å². The average molecular weight is 239 g/mol. The van der Waals surface area contributed by atoms with E-state index >= 15 is 0 Å². The third-order valence-electron chi connectivity index (χ3n) is 4.65. The first-order valence-corrected chi connectivity index (χ1v) is 7.97. The Morgan fingerprint density at radius 2 is 1.94 bits per heavy atom. The van der Waals surface area contributed by atoms with Gasteiger partial charge < -0.3 is 5.32 Å². The highest BCUT2D eigenvalue weighted by atomic mass is 14.9. The van der Waals surface area contributed by atoms with Crippen LogP contribution in [0.25, 0.3) is 0 Å². The summed E-state index contributed by atoms with van der Waals surface area (Å²) in [6.45, 7) is 4.70. The van der Waals surface area contributed by atoms with Crippen LogP contribution in [0.5, 0.6) is 0 Å². The molecule has 1 fully saturated rings. The van der Waals surface area contributed by atoms with Crippen LogP contribution in [0.15, 0.2) is 0 Å². The van der Waals surface area contributed by atoms with E-state index in [9.17, 15) is 0 Å². The lowest BCUT2D eigenvalue weighted by Crippen LogP contribution is -2.27. The molecular weight excluding hydrogens is 206 g/mol. The number of hydrogen-bond donors (Lipinski definition) is 1. The first-order chi connectivity index (χ1) is 8.30. The standard InChI is InChI=1S/C16H33N/c1-4-6-9-14(5-2)12-15-10-7-8-11-16(13-15)17-3/h14-17H,4-13H2,1-3H3. The lowest BCUT2D eigenvalue weighted by Gasteiger charge is -2.24. The number of unbranched alkanes of at least 4 members (excludes halogenated alkanes) is 1. The van der Waals surface area contributed by atoms with Crippen molar-refractivity contribution in [3.05, 3.63) is 0 Å². The van der Waals surface area contributed by atoms with Crippen molar-refractivity contribution in [2.45, 2.75) is 84.1 Å². The van der Waals surface area contributed by atoms with E-state index in [2.05, 4.69) is 26.2 Å². The van der Waals surface area contributed by atoms with Crippen molar-refractivity contribution in [3.63, 3.8) is 0 Å². The molecule has 0 amide bonds. The monoisotopic (exact) mass is 239 g/mol. The second-order valence-electron chi connectivity index (χ2n) is 6.02.